The fourth-order valence-corrected chi connectivity index (χ4v) is 3.94. The summed E-state index contributed by atoms with van der Waals surface area (Å²) in [6.07, 6.45) is 4.61. The average molecular weight is 369 g/mol. The Morgan fingerprint density at radius 1 is 1.26 bits per heavy atom. The van der Waals surface area contributed by atoms with Gasteiger partial charge in [-0.15, -0.1) is 0 Å². The number of hydrogen-bond donors (Lipinski definition) is 3. The number of anilines is 1. The molecule has 0 bridgehead atoms. The molecule has 1 saturated heterocycles. The van der Waals surface area contributed by atoms with Crippen LogP contribution < -0.4 is 4.90 Å². The van der Waals surface area contributed by atoms with Crippen molar-refractivity contribution in [2.24, 2.45) is 0 Å². The number of aliphatic hydroxyl groups excluding tert-OH is 1. The van der Waals surface area contributed by atoms with Gasteiger partial charge in [0.2, 0.25) is 0 Å². The molecule has 1 fully saturated rings. The van der Waals surface area contributed by atoms with Gasteiger partial charge in [0.15, 0.2) is 0 Å². The average Bonchev–Trinajstić information content (AvgIpc) is 3.22. The highest BCUT2D eigenvalue weighted by molar-refractivity contribution is 6.23. The molecule has 2 aromatic rings. The summed E-state index contributed by atoms with van der Waals surface area (Å²) in [5.41, 5.74) is 3.51. The van der Waals surface area contributed by atoms with Gasteiger partial charge in [-0.3, -0.25) is 5.41 Å². The molecule has 4 rings (SSSR count). The number of ether oxygens (including phenoxy) is 1. The number of benzene rings is 1. The van der Waals surface area contributed by atoms with Crippen LogP contribution in [-0.2, 0) is 4.74 Å². The Hall–Kier alpha value is -2.54. The van der Waals surface area contributed by atoms with E-state index in [9.17, 15) is 5.11 Å². The summed E-state index contributed by atoms with van der Waals surface area (Å²) in [4.78, 5) is 12.2. The SMILES string of the molecule is COCCCN1CC(O)=C(c2nc3ccc(N4CCCCC4)cc3[nH]2)C1=N. The van der Waals surface area contributed by atoms with Gasteiger partial charge in [-0.25, -0.2) is 4.98 Å². The van der Waals surface area contributed by atoms with E-state index in [2.05, 4.69) is 27.0 Å². The van der Waals surface area contributed by atoms with Crippen LogP contribution in [0.3, 0.4) is 0 Å². The number of fused-ring (bicyclic) bond motifs is 1. The molecule has 2 aliphatic heterocycles. The highest BCUT2D eigenvalue weighted by Gasteiger charge is 2.30. The van der Waals surface area contributed by atoms with Crippen LogP contribution in [0.2, 0.25) is 0 Å². The lowest BCUT2D eigenvalue weighted by Crippen LogP contribution is -2.29. The number of amidine groups is 1. The Kier molecular flexibility index (Phi) is 5.03. The Morgan fingerprint density at radius 3 is 2.85 bits per heavy atom. The lowest BCUT2D eigenvalue weighted by Gasteiger charge is -2.28. The molecule has 27 heavy (non-hydrogen) atoms. The molecule has 3 heterocycles. The molecular formula is C20H27N5O2. The molecule has 144 valence electrons. The molecular weight excluding hydrogens is 342 g/mol. The van der Waals surface area contributed by atoms with Crippen LogP contribution in [0.15, 0.2) is 24.0 Å². The number of H-pyrrole nitrogens is 1. The van der Waals surface area contributed by atoms with Crippen molar-refractivity contribution in [3.8, 4) is 0 Å². The maximum atomic E-state index is 10.4. The van der Waals surface area contributed by atoms with Crippen molar-refractivity contribution in [1.29, 1.82) is 5.41 Å². The maximum absolute atomic E-state index is 10.4. The summed E-state index contributed by atoms with van der Waals surface area (Å²) >= 11 is 0. The van der Waals surface area contributed by atoms with Crippen LogP contribution in [0.1, 0.15) is 31.5 Å². The quantitative estimate of drug-likeness (QED) is 0.681. The molecule has 0 spiro atoms. The first-order valence-corrected chi connectivity index (χ1v) is 9.67. The summed E-state index contributed by atoms with van der Waals surface area (Å²) in [6.45, 7) is 3.87. The van der Waals surface area contributed by atoms with Gasteiger partial charge in [0.05, 0.1) is 23.2 Å². The third kappa shape index (κ3) is 3.51. The third-order valence-corrected chi connectivity index (χ3v) is 5.38. The molecule has 3 N–H and O–H groups in total. The van der Waals surface area contributed by atoms with Gasteiger partial charge in [-0.05, 0) is 43.9 Å². The number of hydrogen-bond acceptors (Lipinski definition) is 5. The van der Waals surface area contributed by atoms with Crippen molar-refractivity contribution < 1.29 is 9.84 Å². The molecule has 0 atom stereocenters. The van der Waals surface area contributed by atoms with Crippen LogP contribution in [0.4, 0.5) is 5.69 Å². The Balaban J connectivity index is 1.56. The topological polar surface area (TPSA) is 88.5 Å². The summed E-state index contributed by atoms with van der Waals surface area (Å²) in [6, 6.07) is 6.26. The number of methoxy groups -OCH3 is 1. The summed E-state index contributed by atoms with van der Waals surface area (Å²) < 4.78 is 5.08. The molecule has 0 radical (unpaired) electrons. The predicted octanol–water partition coefficient (Wildman–Crippen LogP) is 3.15. The van der Waals surface area contributed by atoms with Gasteiger partial charge in [0.25, 0.3) is 0 Å². The molecule has 0 aliphatic carbocycles. The minimum absolute atomic E-state index is 0.202. The second kappa shape index (κ2) is 7.60. The van der Waals surface area contributed by atoms with E-state index in [0.717, 1.165) is 30.5 Å². The van der Waals surface area contributed by atoms with Crippen molar-refractivity contribution in [3.63, 3.8) is 0 Å². The van der Waals surface area contributed by atoms with E-state index in [1.807, 2.05) is 11.0 Å². The van der Waals surface area contributed by atoms with E-state index in [0.29, 0.717) is 36.9 Å². The normalized spacial score (nSPS) is 18.2. The molecule has 0 saturated carbocycles. The second-order valence-electron chi connectivity index (χ2n) is 7.27. The third-order valence-electron chi connectivity index (χ3n) is 5.38. The lowest BCUT2D eigenvalue weighted by molar-refractivity contribution is 0.186. The van der Waals surface area contributed by atoms with E-state index < -0.39 is 0 Å². The largest absolute Gasteiger partial charge is 0.510 e. The summed E-state index contributed by atoms with van der Waals surface area (Å²) in [5.74, 6) is 1.09. The number of aliphatic hydroxyl groups is 1. The monoisotopic (exact) mass is 369 g/mol. The minimum Gasteiger partial charge on any atom is -0.510 e. The predicted molar refractivity (Wildman–Crippen MR) is 107 cm³/mol. The number of piperidine rings is 1. The van der Waals surface area contributed by atoms with Crippen LogP contribution in [-0.4, -0.2) is 65.7 Å². The fourth-order valence-electron chi connectivity index (χ4n) is 3.94. The number of nitrogens with zero attached hydrogens (tertiary/aromatic N) is 3. The van der Waals surface area contributed by atoms with Gasteiger partial charge < -0.3 is 24.6 Å². The van der Waals surface area contributed by atoms with Gasteiger partial charge >= 0.3 is 0 Å². The van der Waals surface area contributed by atoms with E-state index in [4.69, 9.17) is 10.1 Å². The maximum Gasteiger partial charge on any atom is 0.145 e. The number of aromatic nitrogens is 2. The summed E-state index contributed by atoms with van der Waals surface area (Å²) in [5, 5.41) is 18.9. The van der Waals surface area contributed by atoms with Crippen molar-refractivity contribution in [1.82, 2.24) is 14.9 Å². The van der Waals surface area contributed by atoms with Crippen molar-refractivity contribution >= 4 is 28.1 Å². The fraction of sp³-hybridized carbons (Fsp3) is 0.500. The lowest BCUT2D eigenvalue weighted by atomic mass is 10.1. The van der Waals surface area contributed by atoms with Crippen LogP contribution in [0.5, 0.6) is 0 Å². The minimum atomic E-state index is 0.202. The first-order valence-electron chi connectivity index (χ1n) is 9.67. The Labute approximate surface area is 159 Å². The van der Waals surface area contributed by atoms with Gasteiger partial charge in [0, 0.05) is 39.0 Å². The van der Waals surface area contributed by atoms with Gasteiger partial charge in [0.1, 0.15) is 17.4 Å². The van der Waals surface area contributed by atoms with Crippen molar-refractivity contribution in [2.75, 3.05) is 44.8 Å². The standard InChI is InChI=1S/C20H27N5O2/c1-27-11-5-10-25-13-17(26)18(19(25)21)20-22-15-7-6-14(12-16(15)23-20)24-8-3-2-4-9-24/h6-7,12,21,26H,2-5,8-11,13H2,1H3,(H,22,23). The zero-order chi connectivity index (χ0) is 18.8. The first-order chi connectivity index (χ1) is 13.2. The van der Waals surface area contributed by atoms with Crippen molar-refractivity contribution in [3.05, 3.63) is 29.8 Å². The van der Waals surface area contributed by atoms with Gasteiger partial charge in [-0.2, -0.15) is 0 Å². The molecule has 1 aromatic heterocycles. The second-order valence-corrected chi connectivity index (χ2v) is 7.27. The molecule has 7 heteroatoms. The van der Waals surface area contributed by atoms with E-state index in [1.165, 1.54) is 24.9 Å². The molecule has 0 unspecified atom stereocenters. The van der Waals surface area contributed by atoms with Crippen LogP contribution in [0.25, 0.3) is 16.6 Å². The van der Waals surface area contributed by atoms with E-state index in [-0.39, 0.29) is 5.76 Å². The number of nitrogens with one attached hydrogen (secondary N) is 2. The number of aromatic amines is 1. The molecule has 7 nitrogen and oxygen atoms in total. The zero-order valence-corrected chi connectivity index (χ0v) is 15.8. The number of rotatable bonds is 6. The first kappa shape index (κ1) is 17.9. The molecule has 0 amide bonds. The van der Waals surface area contributed by atoms with Gasteiger partial charge in [-0.1, -0.05) is 0 Å². The van der Waals surface area contributed by atoms with E-state index in [1.54, 1.807) is 7.11 Å². The smallest absolute Gasteiger partial charge is 0.145 e. The Morgan fingerprint density at radius 2 is 2.07 bits per heavy atom. The molecule has 2 aliphatic rings. The Bertz CT molecular complexity index is 866. The highest BCUT2D eigenvalue weighted by atomic mass is 16.5. The molecule has 1 aromatic carbocycles. The van der Waals surface area contributed by atoms with E-state index >= 15 is 0 Å². The summed E-state index contributed by atoms with van der Waals surface area (Å²) in [7, 11) is 1.67. The van der Waals surface area contributed by atoms with Crippen LogP contribution in [0, 0.1) is 5.41 Å². The van der Waals surface area contributed by atoms with Crippen LogP contribution >= 0.6 is 0 Å². The highest BCUT2D eigenvalue weighted by Crippen LogP contribution is 2.29. The number of imidazole rings is 1. The zero-order valence-electron chi connectivity index (χ0n) is 15.8. The van der Waals surface area contributed by atoms with Crippen molar-refractivity contribution in [2.45, 2.75) is 25.7 Å².